The molecule has 62 valence electrons. The summed E-state index contributed by atoms with van der Waals surface area (Å²) in [7, 11) is 2.98. The first-order valence-electron chi connectivity index (χ1n) is 3.09. The van der Waals surface area contributed by atoms with E-state index in [1.54, 1.807) is 6.92 Å². The van der Waals surface area contributed by atoms with Gasteiger partial charge in [0.25, 0.3) is 0 Å². The number of hydrogen-bond donors (Lipinski definition) is 1. The van der Waals surface area contributed by atoms with Crippen LogP contribution in [0.15, 0.2) is 5.10 Å². The Morgan fingerprint density at radius 1 is 1.45 bits per heavy atom. The first kappa shape index (κ1) is 7.80. The number of hydrogen-bond acceptors (Lipinski definition) is 4. The van der Waals surface area contributed by atoms with E-state index in [1.807, 2.05) is 0 Å². The lowest BCUT2D eigenvalue weighted by molar-refractivity contribution is -0.156. The Hall–Kier alpha value is -1.30. The van der Waals surface area contributed by atoms with Gasteiger partial charge in [-0.3, -0.25) is 5.21 Å². The van der Waals surface area contributed by atoms with Crippen molar-refractivity contribution in [3.63, 3.8) is 0 Å². The van der Waals surface area contributed by atoms with Gasteiger partial charge in [0.05, 0.1) is 0 Å². The Morgan fingerprint density at radius 2 is 2.00 bits per heavy atom. The van der Waals surface area contributed by atoms with E-state index in [9.17, 15) is 4.79 Å². The summed E-state index contributed by atoms with van der Waals surface area (Å²) in [5.74, 6) is 0.356. The Balaban J connectivity index is 2.92. The molecule has 6 nitrogen and oxygen atoms in total. The lowest BCUT2D eigenvalue weighted by Crippen LogP contribution is -2.52. The Morgan fingerprint density at radius 3 is 2.55 bits per heavy atom. The average molecular weight is 158 g/mol. The fourth-order valence-corrected chi connectivity index (χ4v) is 0.807. The largest absolute Gasteiger partial charge is 0.360 e. The summed E-state index contributed by atoms with van der Waals surface area (Å²) in [5.41, 5.74) is 0. The molecule has 0 aliphatic carbocycles. The SMILES string of the molecule is CC1=NN(C)C(=O)N(C)N1O. The van der Waals surface area contributed by atoms with Gasteiger partial charge < -0.3 is 0 Å². The maximum Gasteiger partial charge on any atom is 0.360 e. The summed E-state index contributed by atoms with van der Waals surface area (Å²) in [6.07, 6.45) is 0. The van der Waals surface area contributed by atoms with Gasteiger partial charge in [-0.15, -0.1) is 5.17 Å². The monoisotopic (exact) mass is 158 g/mol. The van der Waals surface area contributed by atoms with Crippen molar-refractivity contribution in [1.29, 1.82) is 0 Å². The molecule has 0 atom stereocenters. The molecule has 1 N–H and O–H groups in total. The molecule has 0 saturated heterocycles. The number of amides is 2. The molecule has 0 fully saturated rings. The van der Waals surface area contributed by atoms with Gasteiger partial charge in [0.2, 0.25) is 0 Å². The third-order valence-electron chi connectivity index (χ3n) is 1.42. The van der Waals surface area contributed by atoms with Gasteiger partial charge in [0.15, 0.2) is 5.84 Å². The minimum absolute atomic E-state index is 0.356. The molecule has 0 aromatic rings. The van der Waals surface area contributed by atoms with Crippen LogP contribution in [0.2, 0.25) is 0 Å². The van der Waals surface area contributed by atoms with Gasteiger partial charge in [-0.1, -0.05) is 0 Å². The summed E-state index contributed by atoms with van der Waals surface area (Å²) in [5, 5.41) is 15.8. The van der Waals surface area contributed by atoms with Crippen LogP contribution in [0.3, 0.4) is 0 Å². The van der Waals surface area contributed by atoms with Crippen LogP contribution in [0.4, 0.5) is 4.79 Å². The normalized spacial score (nSPS) is 19.1. The standard InChI is InChI=1S/C5H10N4O2/c1-4-6-7(2)5(10)8(3)9(4)11/h11H,1-3H3. The van der Waals surface area contributed by atoms with Crippen molar-refractivity contribution in [2.24, 2.45) is 5.10 Å². The molecular formula is C5H10N4O2. The van der Waals surface area contributed by atoms with Gasteiger partial charge in [0, 0.05) is 14.1 Å². The molecule has 0 aromatic heterocycles. The van der Waals surface area contributed by atoms with E-state index >= 15 is 0 Å². The Bertz CT molecular complexity index is 215. The third kappa shape index (κ3) is 1.12. The summed E-state index contributed by atoms with van der Waals surface area (Å²) in [4.78, 5) is 11.0. The Labute approximate surface area is 64.2 Å². The molecule has 0 spiro atoms. The van der Waals surface area contributed by atoms with E-state index in [4.69, 9.17) is 5.21 Å². The fraction of sp³-hybridized carbons (Fsp3) is 0.600. The highest BCUT2D eigenvalue weighted by Crippen LogP contribution is 2.05. The molecule has 1 heterocycles. The number of nitrogens with zero attached hydrogens (tertiary/aromatic N) is 4. The second-order valence-corrected chi connectivity index (χ2v) is 2.27. The molecule has 0 radical (unpaired) electrons. The smallest absolute Gasteiger partial charge is 0.267 e. The molecule has 1 rings (SSSR count). The van der Waals surface area contributed by atoms with Crippen molar-refractivity contribution in [2.75, 3.05) is 14.1 Å². The number of carbonyl (C=O) groups is 1. The van der Waals surface area contributed by atoms with Gasteiger partial charge in [-0.25, -0.2) is 14.8 Å². The quantitative estimate of drug-likeness (QED) is 0.536. The van der Waals surface area contributed by atoms with Crippen LogP contribution in [0, 0.1) is 0 Å². The van der Waals surface area contributed by atoms with Gasteiger partial charge in [0.1, 0.15) is 0 Å². The van der Waals surface area contributed by atoms with E-state index in [0.29, 0.717) is 11.0 Å². The van der Waals surface area contributed by atoms with Crippen molar-refractivity contribution in [1.82, 2.24) is 15.2 Å². The topological polar surface area (TPSA) is 59.4 Å². The number of carbonyl (C=O) groups excluding carboxylic acids is 1. The maximum absolute atomic E-state index is 11.0. The van der Waals surface area contributed by atoms with E-state index < -0.39 is 0 Å². The minimum atomic E-state index is -0.377. The summed E-state index contributed by atoms with van der Waals surface area (Å²) in [6, 6.07) is -0.377. The predicted octanol–water partition coefficient (Wildman–Crippen LogP) is -0.0768. The predicted molar refractivity (Wildman–Crippen MR) is 37.7 cm³/mol. The zero-order chi connectivity index (χ0) is 8.59. The van der Waals surface area contributed by atoms with Gasteiger partial charge in [-0.2, -0.15) is 5.10 Å². The zero-order valence-corrected chi connectivity index (χ0v) is 6.64. The first-order valence-corrected chi connectivity index (χ1v) is 3.09. The number of amidine groups is 1. The fourth-order valence-electron chi connectivity index (χ4n) is 0.807. The first-order chi connectivity index (χ1) is 5.04. The minimum Gasteiger partial charge on any atom is -0.267 e. The molecular weight excluding hydrogens is 148 g/mol. The Kier molecular flexibility index (Phi) is 1.69. The molecule has 2 amide bonds. The van der Waals surface area contributed by atoms with Crippen LogP contribution in [0.1, 0.15) is 6.92 Å². The number of urea groups is 1. The van der Waals surface area contributed by atoms with Crippen LogP contribution >= 0.6 is 0 Å². The molecule has 11 heavy (non-hydrogen) atoms. The van der Waals surface area contributed by atoms with Crippen LogP contribution in [-0.2, 0) is 0 Å². The maximum atomic E-state index is 11.0. The molecule has 1 aliphatic heterocycles. The lowest BCUT2D eigenvalue weighted by Gasteiger charge is -2.33. The number of rotatable bonds is 0. The number of hydroxylamine groups is 1. The second kappa shape index (κ2) is 2.39. The zero-order valence-electron chi connectivity index (χ0n) is 6.64. The highest BCUT2D eigenvalue weighted by molar-refractivity contribution is 5.86. The molecule has 0 bridgehead atoms. The summed E-state index contributed by atoms with van der Waals surface area (Å²) >= 11 is 0. The molecule has 1 aliphatic rings. The third-order valence-corrected chi connectivity index (χ3v) is 1.42. The average Bonchev–Trinajstić information content (AvgIpc) is 1.97. The molecule has 0 aromatic carbocycles. The van der Waals surface area contributed by atoms with E-state index in [0.717, 1.165) is 10.0 Å². The lowest BCUT2D eigenvalue weighted by atomic mass is 10.6. The van der Waals surface area contributed by atoms with Crippen molar-refractivity contribution >= 4 is 11.9 Å². The highest BCUT2D eigenvalue weighted by Gasteiger charge is 2.25. The van der Waals surface area contributed by atoms with Crippen molar-refractivity contribution < 1.29 is 10.0 Å². The van der Waals surface area contributed by atoms with Crippen molar-refractivity contribution in [3.05, 3.63) is 0 Å². The molecule has 6 heteroatoms. The second-order valence-electron chi connectivity index (χ2n) is 2.27. The van der Waals surface area contributed by atoms with E-state index in [2.05, 4.69) is 5.10 Å². The number of hydrazine groups is 1. The van der Waals surface area contributed by atoms with E-state index in [-0.39, 0.29) is 6.03 Å². The van der Waals surface area contributed by atoms with Crippen LogP contribution in [0.25, 0.3) is 0 Å². The molecule has 0 saturated carbocycles. The van der Waals surface area contributed by atoms with Gasteiger partial charge in [-0.05, 0) is 6.92 Å². The summed E-state index contributed by atoms with van der Waals surface area (Å²) < 4.78 is 0. The van der Waals surface area contributed by atoms with Crippen LogP contribution in [-0.4, -0.2) is 46.4 Å². The number of hydrazone groups is 1. The van der Waals surface area contributed by atoms with E-state index in [1.165, 1.54) is 14.1 Å². The van der Waals surface area contributed by atoms with Crippen LogP contribution in [0.5, 0.6) is 0 Å². The van der Waals surface area contributed by atoms with Crippen molar-refractivity contribution in [3.8, 4) is 0 Å². The van der Waals surface area contributed by atoms with Crippen LogP contribution < -0.4 is 0 Å². The summed E-state index contributed by atoms with van der Waals surface area (Å²) in [6.45, 7) is 1.60. The highest BCUT2D eigenvalue weighted by atomic mass is 16.6. The van der Waals surface area contributed by atoms with Gasteiger partial charge >= 0.3 is 6.03 Å². The molecule has 0 unspecified atom stereocenters. The van der Waals surface area contributed by atoms with Crippen molar-refractivity contribution in [2.45, 2.75) is 6.92 Å².